The molecule has 4 heteroatoms. The van der Waals surface area contributed by atoms with Gasteiger partial charge in [0.2, 0.25) is 0 Å². The summed E-state index contributed by atoms with van der Waals surface area (Å²) in [5.41, 5.74) is 0.706. The van der Waals surface area contributed by atoms with Gasteiger partial charge in [-0.1, -0.05) is 12.1 Å². The highest BCUT2D eigenvalue weighted by atomic mass is 32.2. The molecule has 100 valence electrons. The van der Waals surface area contributed by atoms with Crippen molar-refractivity contribution in [2.24, 2.45) is 0 Å². The van der Waals surface area contributed by atoms with Crippen LogP contribution >= 0.6 is 11.8 Å². The number of thioether (sulfide) groups is 1. The Morgan fingerprint density at radius 3 is 2.17 bits per heavy atom. The first-order valence-electron chi connectivity index (χ1n) is 6.11. The van der Waals surface area contributed by atoms with Crippen LogP contribution in [0.25, 0.3) is 0 Å². The summed E-state index contributed by atoms with van der Waals surface area (Å²) < 4.78 is 10.7. The van der Waals surface area contributed by atoms with E-state index in [4.69, 9.17) is 9.47 Å². The van der Waals surface area contributed by atoms with Crippen molar-refractivity contribution in [1.82, 2.24) is 0 Å². The van der Waals surface area contributed by atoms with Gasteiger partial charge in [-0.2, -0.15) is 0 Å². The SMILES string of the molecule is CCOC(CC(=O)c1ccc(SC)cc1)OCC. The molecule has 0 atom stereocenters. The molecule has 1 rings (SSSR count). The molecule has 0 aliphatic heterocycles. The lowest BCUT2D eigenvalue weighted by atomic mass is 10.1. The summed E-state index contributed by atoms with van der Waals surface area (Å²) in [5.74, 6) is 0.0505. The lowest BCUT2D eigenvalue weighted by Gasteiger charge is -2.16. The molecule has 0 unspecified atom stereocenters. The van der Waals surface area contributed by atoms with Crippen molar-refractivity contribution in [2.75, 3.05) is 19.5 Å². The number of hydrogen-bond acceptors (Lipinski definition) is 4. The number of carbonyl (C=O) groups excluding carboxylic acids is 1. The third kappa shape index (κ3) is 4.80. The Morgan fingerprint density at radius 1 is 1.17 bits per heavy atom. The van der Waals surface area contributed by atoms with Crippen LogP contribution in [0.4, 0.5) is 0 Å². The van der Waals surface area contributed by atoms with Gasteiger partial charge in [0.05, 0.1) is 6.42 Å². The Kier molecular flexibility index (Phi) is 7.01. The first-order valence-corrected chi connectivity index (χ1v) is 7.34. The van der Waals surface area contributed by atoms with Gasteiger partial charge in [-0.05, 0) is 32.2 Å². The molecule has 1 aromatic rings. The molecule has 0 N–H and O–H groups in total. The first kappa shape index (κ1) is 15.2. The minimum absolute atomic E-state index is 0.0505. The minimum Gasteiger partial charge on any atom is -0.352 e. The van der Waals surface area contributed by atoms with Crippen LogP contribution in [0.5, 0.6) is 0 Å². The molecule has 0 bridgehead atoms. The molecule has 0 aliphatic rings. The summed E-state index contributed by atoms with van der Waals surface area (Å²) in [7, 11) is 0. The van der Waals surface area contributed by atoms with Gasteiger partial charge < -0.3 is 9.47 Å². The number of ether oxygens (including phenoxy) is 2. The zero-order valence-electron chi connectivity index (χ0n) is 11.1. The highest BCUT2D eigenvalue weighted by molar-refractivity contribution is 7.98. The molecule has 18 heavy (non-hydrogen) atoms. The second-order valence-corrected chi connectivity index (χ2v) is 4.58. The molecular formula is C14H20O3S. The Bertz CT molecular complexity index is 356. The maximum absolute atomic E-state index is 12.0. The van der Waals surface area contributed by atoms with Gasteiger partial charge in [0.15, 0.2) is 12.1 Å². The van der Waals surface area contributed by atoms with Gasteiger partial charge in [-0.25, -0.2) is 0 Å². The van der Waals surface area contributed by atoms with Crippen LogP contribution in [0.3, 0.4) is 0 Å². The van der Waals surface area contributed by atoms with Gasteiger partial charge in [-0.3, -0.25) is 4.79 Å². The molecule has 0 aromatic heterocycles. The van der Waals surface area contributed by atoms with E-state index in [1.165, 1.54) is 0 Å². The molecule has 0 amide bonds. The molecule has 0 aliphatic carbocycles. The minimum atomic E-state index is -0.437. The number of carbonyl (C=O) groups is 1. The van der Waals surface area contributed by atoms with Crippen LogP contribution in [-0.2, 0) is 9.47 Å². The van der Waals surface area contributed by atoms with Gasteiger partial charge in [0.25, 0.3) is 0 Å². The van der Waals surface area contributed by atoms with E-state index in [9.17, 15) is 4.79 Å². The van der Waals surface area contributed by atoms with E-state index >= 15 is 0 Å². The molecule has 3 nitrogen and oxygen atoms in total. The number of ketones is 1. The van der Waals surface area contributed by atoms with E-state index in [2.05, 4.69) is 0 Å². The predicted octanol–water partition coefficient (Wildman–Crippen LogP) is 3.38. The lowest BCUT2D eigenvalue weighted by molar-refractivity contribution is -0.133. The van der Waals surface area contributed by atoms with Gasteiger partial charge in [0, 0.05) is 23.7 Å². The highest BCUT2D eigenvalue weighted by Gasteiger charge is 2.15. The molecule has 0 spiro atoms. The Hall–Kier alpha value is -0.840. The quantitative estimate of drug-likeness (QED) is 0.411. The summed E-state index contributed by atoms with van der Waals surface area (Å²) >= 11 is 1.66. The van der Waals surface area contributed by atoms with Crippen LogP contribution in [0, 0.1) is 0 Å². The van der Waals surface area contributed by atoms with E-state index in [1.807, 2.05) is 44.4 Å². The second kappa shape index (κ2) is 8.29. The van der Waals surface area contributed by atoms with Gasteiger partial charge in [0.1, 0.15) is 0 Å². The molecule has 0 saturated carbocycles. The van der Waals surface area contributed by atoms with Crippen molar-refractivity contribution in [1.29, 1.82) is 0 Å². The van der Waals surface area contributed by atoms with Crippen LogP contribution in [0.1, 0.15) is 30.6 Å². The van der Waals surface area contributed by atoms with Crippen molar-refractivity contribution in [3.8, 4) is 0 Å². The maximum atomic E-state index is 12.0. The van der Waals surface area contributed by atoms with Crippen molar-refractivity contribution in [3.63, 3.8) is 0 Å². The largest absolute Gasteiger partial charge is 0.352 e. The average Bonchev–Trinajstić information content (AvgIpc) is 2.39. The summed E-state index contributed by atoms with van der Waals surface area (Å²) in [6.45, 7) is 4.88. The lowest BCUT2D eigenvalue weighted by Crippen LogP contribution is -2.21. The Balaban J connectivity index is 2.61. The third-order valence-corrected chi connectivity index (χ3v) is 3.21. The molecular weight excluding hydrogens is 248 g/mol. The monoisotopic (exact) mass is 268 g/mol. The Labute approximate surface area is 113 Å². The van der Waals surface area contributed by atoms with Crippen molar-refractivity contribution >= 4 is 17.5 Å². The van der Waals surface area contributed by atoms with E-state index < -0.39 is 6.29 Å². The zero-order valence-corrected chi connectivity index (χ0v) is 12.0. The molecule has 1 aromatic carbocycles. The van der Waals surface area contributed by atoms with Gasteiger partial charge >= 0.3 is 0 Å². The van der Waals surface area contributed by atoms with E-state index in [1.54, 1.807) is 11.8 Å². The summed E-state index contributed by atoms with van der Waals surface area (Å²) in [6.07, 6.45) is 1.84. The van der Waals surface area contributed by atoms with Crippen LogP contribution in [0.15, 0.2) is 29.2 Å². The van der Waals surface area contributed by atoms with Crippen molar-refractivity contribution < 1.29 is 14.3 Å². The third-order valence-electron chi connectivity index (χ3n) is 2.47. The fourth-order valence-electron chi connectivity index (χ4n) is 1.58. The number of benzene rings is 1. The smallest absolute Gasteiger partial charge is 0.167 e. The van der Waals surface area contributed by atoms with E-state index in [0.29, 0.717) is 18.8 Å². The molecule has 0 saturated heterocycles. The van der Waals surface area contributed by atoms with Gasteiger partial charge in [-0.15, -0.1) is 11.8 Å². The standard InChI is InChI=1S/C14H20O3S/c1-4-16-14(17-5-2)10-13(15)11-6-8-12(18-3)9-7-11/h6-9,14H,4-5,10H2,1-3H3. The van der Waals surface area contributed by atoms with Crippen molar-refractivity contribution in [3.05, 3.63) is 29.8 Å². The fourth-order valence-corrected chi connectivity index (χ4v) is 1.99. The summed E-state index contributed by atoms with van der Waals surface area (Å²) in [5, 5.41) is 0. The number of hydrogen-bond donors (Lipinski definition) is 0. The maximum Gasteiger partial charge on any atom is 0.167 e. The topological polar surface area (TPSA) is 35.5 Å². The predicted molar refractivity (Wildman–Crippen MR) is 74.2 cm³/mol. The van der Waals surface area contributed by atoms with Crippen molar-refractivity contribution in [2.45, 2.75) is 31.5 Å². The number of Topliss-reactive ketones (excluding diaryl/α,β-unsaturated/α-hetero) is 1. The van der Waals surface area contributed by atoms with E-state index in [-0.39, 0.29) is 12.2 Å². The molecule has 0 heterocycles. The fraction of sp³-hybridized carbons (Fsp3) is 0.500. The van der Waals surface area contributed by atoms with Crippen LogP contribution < -0.4 is 0 Å². The zero-order chi connectivity index (χ0) is 13.4. The highest BCUT2D eigenvalue weighted by Crippen LogP contribution is 2.16. The van der Waals surface area contributed by atoms with Crippen LogP contribution in [0.2, 0.25) is 0 Å². The van der Waals surface area contributed by atoms with Crippen LogP contribution in [-0.4, -0.2) is 31.5 Å². The first-order chi connectivity index (χ1) is 8.71. The Morgan fingerprint density at radius 2 is 1.72 bits per heavy atom. The summed E-state index contributed by atoms with van der Waals surface area (Å²) in [6, 6.07) is 7.61. The number of rotatable bonds is 8. The summed E-state index contributed by atoms with van der Waals surface area (Å²) in [4.78, 5) is 13.2. The normalized spacial score (nSPS) is 10.9. The second-order valence-electron chi connectivity index (χ2n) is 3.70. The molecule has 0 radical (unpaired) electrons. The van der Waals surface area contributed by atoms with E-state index in [0.717, 1.165) is 4.90 Å². The molecule has 0 fully saturated rings. The average molecular weight is 268 g/mol.